The largest absolute Gasteiger partial charge is 0.369 e. The number of carbonyl (C=O) groups excluding carboxylic acids is 1. The van der Waals surface area contributed by atoms with Crippen molar-refractivity contribution in [2.45, 2.75) is 41.5 Å². The summed E-state index contributed by atoms with van der Waals surface area (Å²) in [6, 6.07) is 0. The van der Waals surface area contributed by atoms with Gasteiger partial charge in [0.05, 0.1) is 5.41 Å². The molecule has 0 saturated heterocycles. The summed E-state index contributed by atoms with van der Waals surface area (Å²) in [6.07, 6.45) is 0. The monoisotopic (exact) mass is 207 g/mol. The maximum absolute atomic E-state index is 11.5. The molecule has 0 saturated carbocycles. The summed E-state index contributed by atoms with van der Waals surface area (Å²) in [7, 11) is 0. The third-order valence-electron chi connectivity index (χ3n) is 3.93. The SMILES string of the molecule is CC1=C(C)C(C)C(C(C)(C)C(N)=O)=C1C. The number of rotatable bonds is 2. The Kier molecular flexibility index (Phi) is 2.81. The van der Waals surface area contributed by atoms with E-state index >= 15 is 0 Å². The maximum atomic E-state index is 11.5. The number of allylic oxidation sites excluding steroid dienone is 3. The molecular weight excluding hydrogens is 186 g/mol. The molecule has 0 heterocycles. The smallest absolute Gasteiger partial charge is 0.227 e. The highest BCUT2D eigenvalue weighted by Crippen LogP contribution is 2.45. The number of nitrogens with two attached hydrogens (primary N) is 1. The van der Waals surface area contributed by atoms with E-state index in [4.69, 9.17) is 5.73 Å². The summed E-state index contributed by atoms with van der Waals surface area (Å²) < 4.78 is 0. The third-order valence-corrected chi connectivity index (χ3v) is 3.93. The van der Waals surface area contributed by atoms with Crippen molar-refractivity contribution in [2.75, 3.05) is 0 Å². The van der Waals surface area contributed by atoms with Crippen molar-refractivity contribution in [1.29, 1.82) is 0 Å². The molecule has 2 nitrogen and oxygen atoms in total. The summed E-state index contributed by atoms with van der Waals surface area (Å²) in [4.78, 5) is 11.5. The van der Waals surface area contributed by atoms with Gasteiger partial charge in [0.25, 0.3) is 0 Å². The molecule has 2 heteroatoms. The van der Waals surface area contributed by atoms with Gasteiger partial charge in [-0.2, -0.15) is 0 Å². The van der Waals surface area contributed by atoms with Crippen LogP contribution in [0.2, 0.25) is 0 Å². The predicted molar refractivity (Wildman–Crippen MR) is 63.2 cm³/mol. The van der Waals surface area contributed by atoms with Crippen LogP contribution in [0.5, 0.6) is 0 Å². The molecule has 15 heavy (non-hydrogen) atoms. The van der Waals surface area contributed by atoms with E-state index in [-0.39, 0.29) is 5.91 Å². The number of hydrogen-bond donors (Lipinski definition) is 1. The first-order chi connectivity index (χ1) is 6.71. The van der Waals surface area contributed by atoms with Gasteiger partial charge < -0.3 is 5.73 Å². The second kappa shape index (κ2) is 3.51. The first kappa shape index (κ1) is 12.0. The Hall–Kier alpha value is -1.05. The van der Waals surface area contributed by atoms with Crippen LogP contribution in [-0.4, -0.2) is 5.91 Å². The lowest BCUT2D eigenvalue weighted by molar-refractivity contribution is -0.124. The van der Waals surface area contributed by atoms with Crippen LogP contribution in [0.1, 0.15) is 41.5 Å². The van der Waals surface area contributed by atoms with E-state index in [0.29, 0.717) is 5.92 Å². The molecule has 1 aliphatic carbocycles. The molecule has 0 aromatic heterocycles. The van der Waals surface area contributed by atoms with Gasteiger partial charge in [-0.15, -0.1) is 0 Å². The Morgan fingerprint density at radius 3 is 1.93 bits per heavy atom. The zero-order chi connectivity index (χ0) is 12.0. The zero-order valence-corrected chi connectivity index (χ0v) is 10.6. The number of primary amides is 1. The van der Waals surface area contributed by atoms with Crippen molar-refractivity contribution in [1.82, 2.24) is 0 Å². The normalized spacial score (nSPS) is 22.7. The average Bonchev–Trinajstić information content (AvgIpc) is 2.31. The fourth-order valence-electron chi connectivity index (χ4n) is 2.51. The average molecular weight is 207 g/mol. The van der Waals surface area contributed by atoms with Gasteiger partial charge in [0.1, 0.15) is 0 Å². The molecule has 0 aromatic carbocycles. The summed E-state index contributed by atoms with van der Waals surface area (Å²) in [5, 5.41) is 0. The van der Waals surface area contributed by atoms with Gasteiger partial charge in [-0.25, -0.2) is 0 Å². The fourth-order valence-corrected chi connectivity index (χ4v) is 2.51. The van der Waals surface area contributed by atoms with Crippen molar-refractivity contribution in [2.24, 2.45) is 17.1 Å². The van der Waals surface area contributed by atoms with Crippen molar-refractivity contribution < 1.29 is 4.79 Å². The van der Waals surface area contributed by atoms with E-state index in [0.717, 1.165) is 0 Å². The lowest BCUT2D eigenvalue weighted by Crippen LogP contribution is -2.35. The highest BCUT2D eigenvalue weighted by molar-refractivity contribution is 5.84. The van der Waals surface area contributed by atoms with Crippen LogP contribution in [0, 0.1) is 11.3 Å². The van der Waals surface area contributed by atoms with E-state index in [1.807, 2.05) is 13.8 Å². The standard InChI is InChI=1S/C13H21NO/c1-7-8(2)10(4)11(9(7)3)13(5,6)12(14)15/h9H,1-6H3,(H2,14,15). The van der Waals surface area contributed by atoms with Crippen molar-refractivity contribution >= 4 is 5.91 Å². The Morgan fingerprint density at radius 2 is 1.67 bits per heavy atom. The summed E-state index contributed by atoms with van der Waals surface area (Å²) >= 11 is 0. The first-order valence-electron chi connectivity index (χ1n) is 5.40. The molecule has 1 rings (SSSR count). The van der Waals surface area contributed by atoms with Crippen LogP contribution in [0.25, 0.3) is 0 Å². The molecule has 0 fully saturated rings. The molecule has 0 aromatic rings. The second-order valence-corrected chi connectivity index (χ2v) is 5.06. The Morgan fingerprint density at radius 1 is 1.20 bits per heavy atom. The van der Waals surface area contributed by atoms with Gasteiger partial charge in [0.15, 0.2) is 0 Å². The van der Waals surface area contributed by atoms with E-state index < -0.39 is 5.41 Å². The maximum Gasteiger partial charge on any atom is 0.227 e. The molecule has 84 valence electrons. The van der Waals surface area contributed by atoms with E-state index in [9.17, 15) is 4.79 Å². The van der Waals surface area contributed by atoms with E-state index in [1.165, 1.54) is 22.3 Å². The lowest BCUT2D eigenvalue weighted by Gasteiger charge is -2.28. The van der Waals surface area contributed by atoms with Crippen LogP contribution < -0.4 is 5.73 Å². The van der Waals surface area contributed by atoms with Crippen LogP contribution >= 0.6 is 0 Å². The van der Waals surface area contributed by atoms with Gasteiger partial charge in [-0.3, -0.25) is 4.79 Å². The van der Waals surface area contributed by atoms with Crippen LogP contribution in [0.15, 0.2) is 22.3 Å². The van der Waals surface area contributed by atoms with Gasteiger partial charge in [0.2, 0.25) is 5.91 Å². The minimum atomic E-state index is -0.539. The molecular formula is C13H21NO. The van der Waals surface area contributed by atoms with Gasteiger partial charge >= 0.3 is 0 Å². The fraction of sp³-hybridized carbons (Fsp3) is 0.615. The summed E-state index contributed by atoms with van der Waals surface area (Å²) in [6.45, 7) is 12.3. The molecule has 2 N–H and O–H groups in total. The Balaban J connectivity index is 3.27. The minimum Gasteiger partial charge on any atom is -0.369 e. The van der Waals surface area contributed by atoms with Crippen molar-refractivity contribution in [3.8, 4) is 0 Å². The third kappa shape index (κ3) is 1.62. The minimum absolute atomic E-state index is 0.244. The van der Waals surface area contributed by atoms with Crippen molar-refractivity contribution in [3.05, 3.63) is 22.3 Å². The summed E-state index contributed by atoms with van der Waals surface area (Å²) in [5.74, 6) is 0.0960. The van der Waals surface area contributed by atoms with E-state index in [2.05, 4.69) is 27.7 Å². The summed E-state index contributed by atoms with van der Waals surface area (Å²) in [5.41, 5.74) is 10.0. The molecule has 1 aliphatic rings. The van der Waals surface area contributed by atoms with Gasteiger partial charge in [-0.05, 0) is 57.3 Å². The lowest BCUT2D eigenvalue weighted by atomic mass is 9.76. The highest BCUT2D eigenvalue weighted by Gasteiger charge is 2.38. The molecule has 1 amide bonds. The Labute approximate surface area is 92.2 Å². The van der Waals surface area contributed by atoms with Crippen LogP contribution in [-0.2, 0) is 4.79 Å². The molecule has 0 bridgehead atoms. The quantitative estimate of drug-likeness (QED) is 0.743. The van der Waals surface area contributed by atoms with Gasteiger partial charge in [-0.1, -0.05) is 12.5 Å². The second-order valence-electron chi connectivity index (χ2n) is 5.06. The molecule has 0 spiro atoms. The predicted octanol–water partition coefficient (Wildman–Crippen LogP) is 2.80. The van der Waals surface area contributed by atoms with Crippen LogP contribution in [0.4, 0.5) is 0 Å². The number of hydrogen-bond acceptors (Lipinski definition) is 1. The molecule has 1 atom stereocenters. The van der Waals surface area contributed by atoms with Crippen molar-refractivity contribution in [3.63, 3.8) is 0 Å². The van der Waals surface area contributed by atoms with E-state index in [1.54, 1.807) is 0 Å². The highest BCUT2D eigenvalue weighted by atomic mass is 16.1. The molecule has 0 radical (unpaired) electrons. The number of carbonyl (C=O) groups is 1. The van der Waals surface area contributed by atoms with Gasteiger partial charge in [0, 0.05) is 0 Å². The molecule has 0 aliphatic heterocycles. The number of amides is 1. The van der Waals surface area contributed by atoms with Crippen LogP contribution in [0.3, 0.4) is 0 Å². The Bertz CT molecular complexity index is 372. The molecule has 1 unspecified atom stereocenters. The first-order valence-corrected chi connectivity index (χ1v) is 5.40. The zero-order valence-electron chi connectivity index (χ0n) is 10.6. The topological polar surface area (TPSA) is 43.1 Å².